The van der Waals surface area contributed by atoms with Crippen molar-refractivity contribution in [1.29, 1.82) is 0 Å². The Morgan fingerprint density at radius 3 is 2.51 bits per heavy atom. The molecule has 0 aliphatic heterocycles. The first kappa shape index (κ1) is 22.3. The molecule has 2 aromatic heterocycles. The van der Waals surface area contributed by atoms with Crippen molar-refractivity contribution in [2.45, 2.75) is 20.1 Å². The van der Waals surface area contributed by atoms with Gasteiger partial charge in [-0.15, -0.1) is 0 Å². The lowest BCUT2D eigenvalue weighted by molar-refractivity contribution is 0.0992. The topological polar surface area (TPSA) is 78.5 Å². The molecule has 0 unspecified atom stereocenters. The molecule has 0 fully saturated rings. The van der Waals surface area contributed by atoms with Crippen molar-refractivity contribution in [2.75, 3.05) is 11.9 Å². The molecule has 7 heteroatoms. The lowest BCUT2D eigenvalue weighted by atomic mass is 10.0. The van der Waals surface area contributed by atoms with Crippen LogP contribution < -0.4 is 14.8 Å². The van der Waals surface area contributed by atoms with Gasteiger partial charge in [0.05, 0.1) is 13.2 Å². The van der Waals surface area contributed by atoms with Crippen LogP contribution in [0.3, 0.4) is 0 Å². The van der Waals surface area contributed by atoms with Gasteiger partial charge in [0.15, 0.2) is 11.6 Å². The van der Waals surface area contributed by atoms with Crippen LogP contribution in [0.5, 0.6) is 11.5 Å². The first-order valence-electron chi connectivity index (χ1n) is 11.4. The molecule has 3 aromatic carbocycles. The first-order chi connectivity index (χ1) is 17.2. The third-order valence-corrected chi connectivity index (χ3v) is 5.50. The van der Waals surface area contributed by atoms with Crippen molar-refractivity contribution in [3.05, 3.63) is 108 Å². The zero-order valence-electron chi connectivity index (χ0n) is 19.3. The van der Waals surface area contributed by atoms with Gasteiger partial charge in [-0.1, -0.05) is 42.5 Å². The van der Waals surface area contributed by atoms with E-state index in [4.69, 9.17) is 13.9 Å². The number of furan rings is 1. The van der Waals surface area contributed by atoms with Gasteiger partial charge in [-0.2, -0.15) is 5.10 Å². The van der Waals surface area contributed by atoms with Crippen molar-refractivity contribution in [3.8, 4) is 11.5 Å². The minimum atomic E-state index is -0.368. The van der Waals surface area contributed by atoms with Crippen molar-refractivity contribution in [3.63, 3.8) is 0 Å². The molecule has 2 heterocycles. The number of hydrogen-bond acceptors (Lipinski definition) is 5. The smallest absolute Gasteiger partial charge is 0.292 e. The fraction of sp³-hybridized carbons (Fsp3) is 0.143. The zero-order valence-corrected chi connectivity index (χ0v) is 19.3. The van der Waals surface area contributed by atoms with Crippen molar-refractivity contribution < 1.29 is 18.7 Å². The molecule has 35 heavy (non-hydrogen) atoms. The monoisotopic (exact) mass is 467 g/mol. The molecule has 1 amide bonds. The highest BCUT2D eigenvalue weighted by atomic mass is 16.5. The number of aromatic nitrogens is 2. The first-order valence-corrected chi connectivity index (χ1v) is 11.4. The van der Waals surface area contributed by atoms with E-state index in [-0.39, 0.29) is 18.3 Å². The Morgan fingerprint density at radius 2 is 1.69 bits per heavy atom. The van der Waals surface area contributed by atoms with Crippen LogP contribution in [0.15, 0.2) is 95.5 Å². The number of carbonyl (C=O) groups is 1. The van der Waals surface area contributed by atoms with E-state index in [9.17, 15) is 4.79 Å². The molecule has 1 N–H and O–H groups in total. The number of hydrogen-bond donors (Lipinski definition) is 1. The second-order valence-corrected chi connectivity index (χ2v) is 7.95. The molecule has 0 atom stereocenters. The molecular weight excluding hydrogens is 442 g/mol. The Bertz CT molecular complexity index is 1430. The van der Waals surface area contributed by atoms with E-state index in [0.29, 0.717) is 30.5 Å². The molecule has 0 spiro atoms. The van der Waals surface area contributed by atoms with Crippen LogP contribution in [0.1, 0.15) is 28.8 Å². The standard InChI is InChI=1S/C28H25N3O4/c1-2-33-22-10-12-23(13-11-22)34-19-24-14-15-26(35-24)28(32)29-27-16-17-31(30-27)18-21-8-5-7-20-6-3-4-9-25(20)21/h3-17H,2,18-19H2,1H3,(H,29,30,32). The van der Waals surface area contributed by atoms with Crippen LogP contribution in [0.2, 0.25) is 0 Å². The summed E-state index contributed by atoms with van der Waals surface area (Å²) in [4.78, 5) is 12.6. The van der Waals surface area contributed by atoms with Gasteiger partial charge < -0.3 is 19.2 Å². The SMILES string of the molecule is CCOc1ccc(OCc2ccc(C(=O)Nc3ccn(Cc4cccc5ccccc45)n3)o2)cc1. The predicted molar refractivity (Wildman–Crippen MR) is 134 cm³/mol. The van der Waals surface area contributed by atoms with Crippen LogP contribution in [0, 0.1) is 0 Å². The summed E-state index contributed by atoms with van der Waals surface area (Å²) in [5, 5.41) is 9.65. The maximum Gasteiger partial charge on any atom is 0.292 e. The summed E-state index contributed by atoms with van der Waals surface area (Å²) in [7, 11) is 0. The second-order valence-electron chi connectivity index (χ2n) is 7.95. The molecule has 0 bridgehead atoms. The number of anilines is 1. The van der Waals surface area contributed by atoms with Gasteiger partial charge in [0.2, 0.25) is 0 Å². The normalized spacial score (nSPS) is 10.9. The van der Waals surface area contributed by atoms with E-state index in [0.717, 1.165) is 11.3 Å². The number of benzene rings is 3. The van der Waals surface area contributed by atoms with E-state index in [1.807, 2.05) is 55.6 Å². The summed E-state index contributed by atoms with van der Waals surface area (Å²) in [6.45, 7) is 3.36. The van der Waals surface area contributed by atoms with Gasteiger partial charge in [-0.25, -0.2) is 0 Å². The number of nitrogens with zero attached hydrogens (tertiary/aromatic N) is 2. The van der Waals surface area contributed by atoms with Crippen LogP contribution in [0.25, 0.3) is 10.8 Å². The van der Waals surface area contributed by atoms with Crippen LogP contribution >= 0.6 is 0 Å². The predicted octanol–water partition coefficient (Wildman–Crippen LogP) is 5.91. The maximum absolute atomic E-state index is 12.6. The molecule has 5 aromatic rings. The highest BCUT2D eigenvalue weighted by Gasteiger charge is 2.14. The lowest BCUT2D eigenvalue weighted by Gasteiger charge is -2.07. The fourth-order valence-electron chi connectivity index (χ4n) is 3.83. The average molecular weight is 468 g/mol. The van der Waals surface area contributed by atoms with Crippen molar-refractivity contribution >= 4 is 22.5 Å². The molecule has 176 valence electrons. The largest absolute Gasteiger partial charge is 0.494 e. The Kier molecular flexibility index (Phi) is 6.48. The molecule has 0 aliphatic carbocycles. The third-order valence-electron chi connectivity index (χ3n) is 5.50. The summed E-state index contributed by atoms with van der Waals surface area (Å²) >= 11 is 0. The second kappa shape index (κ2) is 10.2. The Balaban J connectivity index is 1.18. The van der Waals surface area contributed by atoms with Crippen molar-refractivity contribution in [2.24, 2.45) is 0 Å². The van der Waals surface area contributed by atoms with E-state index >= 15 is 0 Å². The van der Waals surface area contributed by atoms with Gasteiger partial charge in [0.25, 0.3) is 5.91 Å². The van der Waals surface area contributed by atoms with E-state index in [1.54, 1.807) is 22.9 Å². The zero-order chi connectivity index (χ0) is 24.0. The van der Waals surface area contributed by atoms with Crippen LogP contribution in [-0.4, -0.2) is 22.3 Å². The Labute approximate surface area is 202 Å². The summed E-state index contributed by atoms with van der Waals surface area (Å²) < 4.78 is 18.6. The highest BCUT2D eigenvalue weighted by Crippen LogP contribution is 2.21. The summed E-state index contributed by atoms with van der Waals surface area (Å²) in [6, 6.07) is 26.9. The van der Waals surface area contributed by atoms with Gasteiger partial charge in [-0.05, 0) is 59.7 Å². The fourth-order valence-corrected chi connectivity index (χ4v) is 3.83. The summed E-state index contributed by atoms with van der Waals surface area (Å²) in [6.07, 6.45) is 1.84. The Hall–Kier alpha value is -4.52. The number of carbonyl (C=O) groups excluding carboxylic acids is 1. The molecule has 0 saturated heterocycles. The van der Waals surface area contributed by atoms with Crippen molar-refractivity contribution in [1.82, 2.24) is 9.78 Å². The van der Waals surface area contributed by atoms with Gasteiger partial charge in [-0.3, -0.25) is 9.48 Å². The Morgan fingerprint density at radius 1 is 0.914 bits per heavy atom. The number of amides is 1. The highest BCUT2D eigenvalue weighted by molar-refractivity contribution is 6.01. The van der Waals surface area contributed by atoms with Crippen LogP contribution in [0.4, 0.5) is 5.82 Å². The van der Waals surface area contributed by atoms with E-state index < -0.39 is 0 Å². The molecule has 5 rings (SSSR count). The maximum atomic E-state index is 12.6. The minimum absolute atomic E-state index is 0.193. The molecule has 0 aliphatic rings. The minimum Gasteiger partial charge on any atom is -0.494 e. The quantitative estimate of drug-likeness (QED) is 0.292. The number of fused-ring (bicyclic) bond motifs is 1. The summed E-state index contributed by atoms with van der Waals surface area (Å²) in [5.74, 6) is 2.31. The number of nitrogens with one attached hydrogen (secondary N) is 1. The van der Waals surface area contributed by atoms with Crippen LogP contribution in [-0.2, 0) is 13.2 Å². The van der Waals surface area contributed by atoms with Gasteiger partial charge in [0, 0.05) is 12.3 Å². The average Bonchev–Trinajstić information content (AvgIpc) is 3.54. The molecular formula is C28H25N3O4. The lowest BCUT2D eigenvalue weighted by Crippen LogP contribution is -2.12. The van der Waals surface area contributed by atoms with E-state index in [1.165, 1.54) is 10.8 Å². The number of rotatable bonds is 9. The summed E-state index contributed by atoms with van der Waals surface area (Å²) in [5.41, 5.74) is 1.16. The van der Waals surface area contributed by atoms with Gasteiger partial charge in [0.1, 0.15) is 23.9 Å². The number of ether oxygens (including phenoxy) is 2. The molecule has 0 saturated carbocycles. The van der Waals surface area contributed by atoms with E-state index in [2.05, 4.69) is 34.7 Å². The molecule has 7 nitrogen and oxygen atoms in total. The van der Waals surface area contributed by atoms with Gasteiger partial charge >= 0.3 is 0 Å². The third kappa shape index (κ3) is 5.35. The molecule has 0 radical (unpaired) electrons.